The molecule has 0 atom stereocenters. The van der Waals surface area contributed by atoms with Crippen molar-refractivity contribution >= 4 is 17.5 Å². The van der Waals surface area contributed by atoms with E-state index >= 15 is 0 Å². The predicted octanol–water partition coefficient (Wildman–Crippen LogP) is 3.23. The molecular formula is C15H18ClN3O. The van der Waals surface area contributed by atoms with Gasteiger partial charge in [-0.3, -0.25) is 4.79 Å². The minimum absolute atomic E-state index is 0.0925. The van der Waals surface area contributed by atoms with Crippen LogP contribution in [-0.4, -0.2) is 21.7 Å². The molecule has 0 saturated heterocycles. The Morgan fingerprint density at radius 2 is 2.20 bits per heavy atom. The molecule has 1 amide bonds. The molecule has 0 saturated carbocycles. The average Bonchev–Trinajstić information content (AvgIpc) is 2.81. The smallest absolute Gasteiger partial charge is 0.254 e. The fraction of sp³-hybridized carbons (Fsp3) is 0.333. The van der Waals surface area contributed by atoms with Crippen LogP contribution in [0.2, 0.25) is 5.02 Å². The molecule has 1 aromatic carbocycles. The van der Waals surface area contributed by atoms with Crippen molar-refractivity contribution in [3.05, 3.63) is 46.7 Å². The van der Waals surface area contributed by atoms with Gasteiger partial charge in [0.1, 0.15) is 0 Å². The lowest BCUT2D eigenvalue weighted by Crippen LogP contribution is -2.30. The molecule has 0 aliphatic heterocycles. The number of carbonyl (C=O) groups excluding carboxylic acids is 1. The highest BCUT2D eigenvalue weighted by molar-refractivity contribution is 6.30. The molecule has 0 unspecified atom stereocenters. The van der Waals surface area contributed by atoms with Gasteiger partial charge in [-0.2, -0.15) is 5.10 Å². The molecule has 0 fully saturated rings. The molecule has 0 radical (unpaired) electrons. The van der Waals surface area contributed by atoms with E-state index in [0.29, 0.717) is 17.0 Å². The van der Waals surface area contributed by atoms with Crippen LogP contribution in [0.3, 0.4) is 0 Å². The van der Waals surface area contributed by atoms with E-state index in [-0.39, 0.29) is 11.9 Å². The molecule has 0 aliphatic rings. The highest BCUT2D eigenvalue weighted by Gasteiger charge is 2.17. The van der Waals surface area contributed by atoms with Gasteiger partial charge in [-0.15, -0.1) is 0 Å². The summed E-state index contributed by atoms with van der Waals surface area (Å²) in [4.78, 5) is 12.2. The quantitative estimate of drug-likeness (QED) is 0.940. The molecule has 0 spiro atoms. The lowest BCUT2D eigenvalue weighted by Gasteiger charge is -2.10. The molecule has 106 valence electrons. The topological polar surface area (TPSA) is 46.9 Å². The summed E-state index contributed by atoms with van der Waals surface area (Å²) in [6, 6.07) is 7.53. The number of hydrogen-bond donors (Lipinski definition) is 1. The summed E-state index contributed by atoms with van der Waals surface area (Å²) in [5, 5.41) is 7.86. The van der Waals surface area contributed by atoms with E-state index in [1.165, 1.54) is 0 Å². The maximum absolute atomic E-state index is 12.2. The van der Waals surface area contributed by atoms with E-state index in [9.17, 15) is 4.79 Å². The predicted molar refractivity (Wildman–Crippen MR) is 80.6 cm³/mol. The third-order valence-corrected chi connectivity index (χ3v) is 3.16. The zero-order valence-electron chi connectivity index (χ0n) is 11.9. The Labute approximate surface area is 123 Å². The van der Waals surface area contributed by atoms with E-state index in [4.69, 9.17) is 11.6 Å². The van der Waals surface area contributed by atoms with Gasteiger partial charge < -0.3 is 5.32 Å². The first-order valence-electron chi connectivity index (χ1n) is 6.66. The van der Waals surface area contributed by atoms with Crippen LogP contribution < -0.4 is 5.32 Å². The molecule has 1 N–H and O–H groups in total. The van der Waals surface area contributed by atoms with Crippen LogP contribution in [0.15, 0.2) is 30.5 Å². The monoisotopic (exact) mass is 291 g/mol. The van der Waals surface area contributed by atoms with Crippen molar-refractivity contribution in [3.8, 4) is 5.69 Å². The summed E-state index contributed by atoms with van der Waals surface area (Å²) >= 11 is 6.01. The van der Waals surface area contributed by atoms with E-state index < -0.39 is 0 Å². The van der Waals surface area contributed by atoms with E-state index in [1.54, 1.807) is 10.9 Å². The number of aromatic nitrogens is 2. The van der Waals surface area contributed by atoms with Crippen LogP contribution in [0, 0.1) is 0 Å². The van der Waals surface area contributed by atoms with Gasteiger partial charge in [-0.25, -0.2) is 4.68 Å². The highest BCUT2D eigenvalue weighted by Crippen LogP contribution is 2.19. The van der Waals surface area contributed by atoms with Crippen LogP contribution in [0.1, 0.15) is 36.8 Å². The number of nitrogens with one attached hydrogen (secondary N) is 1. The van der Waals surface area contributed by atoms with Gasteiger partial charge in [-0.05, 0) is 38.5 Å². The van der Waals surface area contributed by atoms with Gasteiger partial charge in [-0.1, -0.05) is 24.6 Å². The van der Waals surface area contributed by atoms with Gasteiger partial charge in [0.2, 0.25) is 0 Å². The average molecular weight is 292 g/mol. The van der Waals surface area contributed by atoms with E-state index in [0.717, 1.165) is 11.4 Å². The first kappa shape index (κ1) is 14.6. The maximum Gasteiger partial charge on any atom is 0.254 e. The standard InChI is InChI=1S/C15H18ClN3O/c1-4-14-13(15(20)18-10(2)3)9-17-19(14)12-7-5-6-11(16)8-12/h5-10H,4H2,1-3H3,(H,18,20). The third-order valence-electron chi connectivity index (χ3n) is 2.92. The molecule has 2 rings (SSSR count). The third kappa shape index (κ3) is 3.02. The zero-order valence-corrected chi connectivity index (χ0v) is 12.6. The van der Waals surface area contributed by atoms with Crippen molar-refractivity contribution in [2.75, 3.05) is 0 Å². The first-order chi connectivity index (χ1) is 9.52. The molecule has 0 aliphatic carbocycles. The second-order valence-electron chi connectivity index (χ2n) is 4.88. The van der Waals surface area contributed by atoms with Crippen molar-refractivity contribution in [2.45, 2.75) is 33.2 Å². The second kappa shape index (κ2) is 6.09. The minimum atomic E-state index is -0.0925. The number of carbonyl (C=O) groups is 1. The lowest BCUT2D eigenvalue weighted by atomic mass is 10.1. The number of rotatable bonds is 4. The number of benzene rings is 1. The van der Waals surface area contributed by atoms with Crippen molar-refractivity contribution < 1.29 is 4.79 Å². The summed E-state index contributed by atoms with van der Waals surface area (Å²) < 4.78 is 1.76. The van der Waals surface area contributed by atoms with Crippen molar-refractivity contribution in [1.29, 1.82) is 0 Å². The first-order valence-corrected chi connectivity index (χ1v) is 7.04. The van der Waals surface area contributed by atoms with Crippen LogP contribution in [0.5, 0.6) is 0 Å². The Bertz CT molecular complexity index is 619. The largest absolute Gasteiger partial charge is 0.350 e. The summed E-state index contributed by atoms with van der Waals surface area (Å²) in [5.41, 5.74) is 2.35. The Morgan fingerprint density at radius 3 is 2.80 bits per heavy atom. The molecular weight excluding hydrogens is 274 g/mol. The Morgan fingerprint density at radius 1 is 1.45 bits per heavy atom. The van der Waals surface area contributed by atoms with Gasteiger partial charge in [0.25, 0.3) is 5.91 Å². The fourth-order valence-electron chi connectivity index (χ4n) is 2.07. The van der Waals surface area contributed by atoms with Crippen LogP contribution in [-0.2, 0) is 6.42 Å². The van der Waals surface area contributed by atoms with Crippen LogP contribution >= 0.6 is 11.6 Å². The summed E-state index contributed by atoms with van der Waals surface area (Å²) in [7, 11) is 0. The van der Waals surface area contributed by atoms with Gasteiger partial charge >= 0.3 is 0 Å². The van der Waals surface area contributed by atoms with E-state index in [2.05, 4.69) is 10.4 Å². The summed E-state index contributed by atoms with van der Waals surface area (Å²) in [6.45, 7) is 5.88. The fourth-order valence-corrected chi connectivity index (χ4v) is 2.26. The minimum Gasteiger partial charge on any atom is -0.350 e. The van der Waals surface area contributed by atoms with Crippen LogP contribution in [0.4, 0.5) is 0 Å². The molecule has 20 heavy (non-hydrogen) atoms. The summed E-state index contributed by atoms with van der Waals surface area (Å²) in [5.74, 6) is -0.0925. The van der Waals surface area contributed by atoms with Crippen molar-refractivity contribution in [1.82, 2.24) is 15.1 Å². The maximum atomic E-state index is 12.2. The molecule has 1 aromatic heterocycles. The Kier molecular flexibility index (Phi) is 4.45. The normalized spacial score (nSPS) is 10.8. The summed E-state index contributed by atoms with van der Waals surface area (Å²) in [6.07, 6.45) is 2.32. The number of halogens is 1. The van der Waals surface area contributed by atoms with Crippen LogP contribution in [0.25, 0.3) is 5.69 Å². The number of amides is 1. The van der Waals surface area contributed by atoms with Gasteiger partial charge in [0.05, 0.1) is 23.1 Å². The number of hydrogen-bond acceptors (Lipinski definition) is 2. The Hall–Kier alpha value is -1.81. The van der Waals surface area contributed by atoms with Gasteiger partial charge in [0, 0.05) is 11.1 Å². The van der Waals surface area contributed by atoms with Crippen molar-refractivity contribution in [3.63, 3.8) is 0 Å². The second-order valence-corrected chi connectivity index (χ2v) is 5.31. The SMILES string of the molecule is CCc1c(C(=O)NC(C)C)cnn1-c1cccc(Cl)c1. The molecule has 5 heteroatoms. The molecule has 4 nitrogen and oxygen atoms in total. The zero-order chi connectivity index (χ0) is 14.7. The molecule has 2 aromatic rings. The van der Waals surface area contributed by atoms with Crippen molar-refractivity contribution in [2.24, 2.45) is 0 Å². The molecule has 0 bridgehead atoms. The van der Waals surface area contributed by atoms with E-state index in [1.807, 2.05) is 45.0 Å². The number of nitrogens with zero attached hydrogens (tertiary/aromatic N) is 2. The van der Waals surface area contributed by atoms with Gasteiger partial charge in [0.15, 0.2) is 0 Å². The molecule has 1 heterocycles. The lowest BCUT2D eigenvalue weighted by molar-refractivity contribution is 0.0942. The highest BCUT2D eigenvalue weighted by atomic mass is 35.5. The Balaban J connectivity index is 2.42.